The molecule has 11 nitrogen and oxygen atoms in total. The van der Waals surface area contributed by atoms with Crippen LogP contribution in [0.15, 0.2) is 29.2 Å². The molecule has 13 heteroatoms. The van der Waals surface area contributed by atoms with E-state index in [1.807, 2.05) is 0 Å². The van der Waals surface area contributed by atoms with E-state index in [0.717, 1.165) is 4.88 Å². The lowest BCUT2D eigenvalue weighted by Gasteiger charge is -2.26. The average molecular weight is 536 g/mol. The molecule has 0 fully saturated rings. The molecule has 1 aromatic carbocycles. The van der Waals surface area contributed by atoms with Crippen molar-refractivity contribution in [2.45, 2.75) is 45.6 Å². The zero-order chi connectivity index (χ0) is 26.6. The van der Waals surface area contributed by atoms with E-state index in [-0.39, 0.29) is 26.9 Å². The van der Waals surface area contributed by atoms with E-state index in [0.29, 0.717) is 38.2 Å². The first kappa shape index (κ1) is 27.3. The van der Waals surface area contributed by atoms with Gasteiger partial charge in [0.25, 0.3) is 11.8 Å². The molecule has 36 heavy (non-hydrogen) atoms. The third-order valence-corrected chi connectivity index (χ3v) is 8.96. The maximum atomic E-state index is 13.0. The second-order valence-corrected chi connectivity index (χ2v) is 11.1. The monoisotopic (exact) mass is 535 g/mol. The summed E-state index contributed by atoms with van der Waals surface area (Å²) in [5.74, 6) is -1.67. The maximum Gasteiger partial charge on any atom is 0.272 e. The van der Waals surface area contributed by atoms with Gasteiger partial charge in [-0.25, -0.2) is 8.42 Å². The predicted molar refractivity (Wildman–Crippen MR) is 135 cm³/mol. The fraction of sp³-hybridized carbons (Fsp3) is 0.391. The number of sulfonamides is 1. The van der Waals surface area contributed by atoms with Crippen molar-refractivity contribution in [3.8, 4) is 0 Å². The van der Waals surface area contributed by atoms with Gasteiger partial charge in [-0.1, -0.05) is 13.8 Å². The summed E-state index contributed by atoms with van der Waals surface area (Å²) in [6.45, 7) is 7.61. The van der Waals surface area contributed by atoms with Crippen LogP contribution in [-0.4, -0.2) is 60.9 Å². The number of fused-ring (bicyclic) bond motifs is 1. The van der Waals surface area contributed by atoms with Crippen LogP contribution < -0.4 is 16.2 Å². The Morgan fingerprint density at radius 2 is 1.64 bits per heavy atom. The topological polar surface area (TPSA) is 145 Å². The molecule has 0 spiro atoms. The number of carbonyl (C=O) groups is 4. The van der Waals surface area contributed by atoms with Crippen LogP contribution in [0.1, 0.15) is 58.9 Å². The second-order valence-electron chi connectivity index (χ2n) is 8.10. The molecular formula is C23H29N5O6S2. The minimum absolute atomic E-state index is 0.0778. The Bertz CT molecular complexity index is 1280. The number of carbonyl (C=O) groups excluding carboxylic acids is 4. The second kappa shape index (κ2) is 11.2. The van der Waals surface area contributed by atoms with Crippen molar-refractivity contribution in [1.29, 1.82) is 0 Å². The summed E-state index contributed by atoms with van der Waals surface area (Å²) in [6.07, 6.45) is 0.419. The number of nitrogens with zero attached hydrogens (tertiary/aromatic N) is 2. The molecule has 1 aromatic heterocycles. The summed E-state index contributed by atoms with van der Waals surface area (Å²) >= 11 is 1.18. The number of thiophene rings is 1. The molecule has 1 aliphatic heterocycles. The molecule has 0 saturated carbocycles. The number of hydrazine groups is 1. The molecule has 0 saturated heterocycles. The van der Waals surface area contributed by atoms with Crippen molar-refractivity contribution in [3.05, 3.63) is 45.8 Å². The lowest BCUT2D eigenvalue weighted by atomic mass is 10.0. The highest BCUT2D eigenvalue weighted by Crippen LogP contribution is 2.37. The Morgan fingerprint density at radius 1 is 1.00 bits per heavy atom. The molecule has 0 radical (unpaired) electrons. The van der Waals surface area contributed by atoms with Crippen molar-refractivity contribution in [2.24, 2.45) is 0 Å². The fourth-order valence-corrected chi connectivity index (χ4v) is 6.59. The number of benzene rings is 1. The first-order valence-electron chi connectivity index (χ1n) is 11.4. The molecule has 2 heterocycles. The summed E-state index contributed by atoms with van der Waals surface area (Å²) in [4.78, 5) is 51.5. The van der Waals surface area contributed by atoms with E-state index < -0.39 is 27.7 Å². The van der Waals surface area contributed by atoms with E-state index in [4.69, 9.17) is 0 Å². The maximum absolute atomic E-state index is 13.0. The van der Waals surface area contributed by atoms with Gasteiger partial charge in [-0.05, 0) is 36.2 Å². The third-order valence-electron chi connectivity index (χ3n) is 5.77. The quantitative estimate of drug-likeness (QED) is 0.461. The van der Waals surface area contributed by atoms with Crippen LogP contribution in [0.5, 0.6) is 0 Å². The van der Waals surface area contributed by atoms with Crippen LogP contribution in [0.25, 0.3) is 0 Å². The summed E-state index contributed by atoms with van der Waals surface area (Å²) in [7, 11) is -3.66. The SMILES string of the molecule is CCN(CC)S(=O)(=O)c1ccc(C(=O)Nc2sc3c(c2C(=O)NNC(C)=O)CCN(C(C)=O)C3)cc1. The van der Waals surface area contributed by atoms with E-state index >= 15 is 0 Å². The first-order valence-corrected chi connectivity index (χ1v) is 13.6. The lowest BCUT2D eigenvalue weighted by molar-refractivity contribution is -0.129. The molecule has 0 unspecified atom stereocenters. The van der Waals surface area contributed by atoms with Crippen molar-refractivity contribution >= 4 is 50.0 Å². The Kier molecular flexibility index (Phi) is 8.48. The van der Waals surface area contributed by atoms with Gasteiger partial charge in [0, 0.05) is 43.9 Å². The molecule has 4 amide bonds. The number of hydrogen-bond acceptors (Lipinski definition) is 7. The number of nitrogens with one attached hydrogen (secondary N) is 3. The summed E-state index contributed by atoms with van der Waals surface area (Å²) in [6, 6.07) is 5.57. The largest absolute Gasteiger partial charge is 0.337 e. The van der Waals surface area contributed by atoms with Crippen LogP contribution in [0.3, 0.4) is 0 Å². The summed E-state index contributed by atoms with van der Waals surface area (Å²) in [5.41, 5.74) is 5.71. The molecule has 1 aliphatic rings. The van der Waals surface area contributed by atoms with Crippen molar-refractivity contribution in [2.75, 3.05) is 25.0 Å². The van der Waals surface area contributed by atoms with Gasteiger partial charge in [-0.2, -0.15) is 4.31 Å². The van der Waals surface area contributed by atoms with Gasteiger partial charge < -0.3 is 10.2 Å². The third kappa shape index (κ3) is 5.74. The highest BCUT2D eigenvalue weighted by Gasteiger charge is 2.30. The molecule has 0 bridgehead atoms. The minimum atomic E-state index is -3.66. The Hall–Kier alpha value is -3.29. The van der Waals surface area contributed by atoms with E-state index in [2.05, 4.69) is 16.2 Å². The van der Waals surface area contributed by atoms with Crippen LogP contribution >= 0.6 is 11.3 Å². The van der Waals surface area contributed by atoms with Crippen LogP contribution in [-0.2, 0) is 32.6 Å². The molecule has 2 aromatic rings. The Labute approximate surface area is 213 Å². The molecule has 194 valence electrons. The van der Waals surface area contributed by atoms with Crippen LogP contribution in [0.4, 0.5) is 5.00 Å². The lowest BCUT2D eigenvalue weighted by Crippen LogP contribution is -2.41. The number of anilines is 1. The van der Waals surface area contributed by atoms with Crippen LogP contribution in [0, 0.1) is 0 Å². The van der Waals surface area contributed by atoms with E-state index in [1.54, 1.807) is 18.7 Å². The molecular weight excluding hydrogens is 506 g/mol. The van der Waals surface area contributed by atoms with E-state index in [1.165, 1.54) is 53.8 Å². The Morgan fingerprint density at radius 3 is 2.19 bits per heavy atom. The van der Waals surface area contributed by atoms with Crippen LogP contribution in [0.2, 0.25) is 0 Å². The molecule has 3 rings (SSSR count). The standard InChI is InChI=1S/C23H29N5O6S2/c1-5-28(6-2)36(33,34)17-9-7-16(8-10-17)21(31)24-23-20(22(32)26-25-14(3)29)18-11-12-27(15(4)30)13-19(18)35-23/h7-10H,5-6,11-13H2,1-4H3,(H,24,31)(H,25,29)(H,26,32). The molecule has 3 N–H and O–H groups in total. The van der Waals surface area contributed by atoms with Gasteiger partial charge >= 0.3 is 0 Å². The summed E-state index contributed by atoms with van der Waals surface area (Å²) in [5, 5.41) is 3.02. The van der Waals surface area contributed by atoms with Crippen molar-refractivity contribution in [1.82, 2.24) is 20.1 Å². The first-order chi connectivity index (χ1) is 17.0. The highest BCUT2D eigenvalue weighted by atomic mass is 32.2. The highest BCUT2D eigenvalue weighted by molar-refractivity contribution is 7.89. The predicted octanol–water partition coefficient (Wildman–Crippen LogP) is 1.72. The van der Waals surface area contributed by atoms with Crippen molar-refractivity contribution in [3.63, 3.8) is 0 Å². The fourth-order valence-electron chi connectivity index (χ4n) is 3.87. The van der Waals surface area contributed by atoms with Gasteiger partial charge in [0.05, 0.1) is 17.0 Å². The normalized spacial score (nSPS) is 13.2. The van der Waals surface area contributed by atoms with Gasteiger partial charge in [0.2, 0.25) is 21.8 Å². The zero-order valence-corrected chi connectivity index (χ0v) is 22.1. The number of amides is 4. The molecule has 0 aliphatic carbocycles. The minimum Gasteiger partial charge on any atom is -0.337 e. The Balaban J connectivity index is 1.89. The average Bonchev–Trinajstić information content (AvgIpc) is 3.20. The smallest absolute Gasteiger partial charge is 0.272 e. The van der Waals surface area contributed by atoms with Gasteiger partial charge in [0.15, 0.2) is 0 Å². The van der Waals surface area contributed by atoms with Gasteiger partial charge in [-0.3, -0.25) is 30.0 Å². The summed E-state index contributed by atoms with van der Waals surface area (Å²) < 4.78 is 26.7. The number of hydrogen-bond donors (Lipinski definition) is 3. The van der Waals surface area contributed by atoms with E-state index in [9.17, 15) is 27.6 Å². The zero-order valence-electron chi connectivity index (χ0n) is 20.5. The van der Waals surface area contributed by atoms with Crippen molar-refractivity contribution < 1.29 is 27.6 Å². The van der Waals surface area contributed by atoms with Gasteiger partial charge in [-0.15, -0.1) is 11.3 Å². The molecule has 0 atom stereocenters. The van der Waals surface area contributed by atoms with Gasteiger partial charge in [0.1, 0.15) is 5.00 Å². The number of rotatable bonds is 7.